The zero-order valence-corrected chi connectivity index (χ0v) is 17.1. The van der Waals surface area contributed by atoms with Crippen LogP contribution in [0, 0.1) is 13.8 Å². The molecule has 2 heterocycles. The first-order valence-electron chi connectivity index (χ1n) is 8.81. The Morgan fingerprint density at radius 2 is 2.00 bits per heavy atom. The molecule has 142 valence electrons. The molecule has 1 saturated heterocycles. The Bertz CT molecular complexity index is 672. The van der Waals surface area contributed by atoms with Crippen LogP contribution in [0.1, 0.15) is 42.3 Å². The van der Waals surface area contributed by atoms with Crippen LogP contribution in [0.4, 0.5) is 0 Å². The molecule has 25 heavy (non-hydrogen) atoms. The Labute approximate surface area is 155 Å². The summed E-state index contributed by atoms with van der Waals surface area (Å²) >= 11 is 1.68. The number of aliphatic imine (C=N–C) groups is 1. The number of hydrogen-bond acceptors (Lipinski definition) is 5. The predicted octanol–water partition coefficient (Wildman–Crippen LogP) is 1.63. The Morgan fingerprint density at radius 3 is 2.52 bits per heavy atom. The van der Waals surface area contributed by atoms with Crippen LogP contribution < -0.4 is 10.6 Å². The molecule has 1 aromatic rings. The average molecular weight is 388 g/mol. The lowest BCUT2D eigenvalue weighted by molar-refractivity contribution is 0.306. The van der Waals surface area contributed by atoms with E-state index in [1.54, 1.807) is 22.6 Å². The summed E-state index contributed by atoms with van der Waals surface area (Å²) in [5, 5.41) is 7.70. The molecule has 2 N–H and O–H groups in total. The van der Waals surface area contributed by atoms with Crippen LogP contribution in [0.3, 0.4) is 0 Å². The second kappa shape index (κ2) is 8.95. The number of rotatable bonds is 6. The van der Waals surface area contributed by atoms with E-state index in [9.17, 15) is 8.42 Å². The maximum absolute atomic E-state index is 11.9. The van der Waals surface area contributed by atoms with Crippen molar-refractivity contribution in [3.05, 3.63) is 15.6 Å². The van der Waals surface area contributed by atoms with Gasteiger partial charge >= 0.3 is 0 Å². The van der Waals surface area contributed by atoms with Crippen LogP contribution in [-0.2, 0) is 16.6 Å². The lowest BCUT2D eigenvalue weighted by Gasteiger charge is -2.32. The quantitative estimate of drug-likeness (QED) is 0.572. The van der Waals surface area contributed by atoms with Crippen molar-refractivity contribution in [3.8, 4) is 0 Å². The van der Waals surface area contributed by atoms with E-state index in [4.69, 9.17) is 0 Å². The number of nitrogens with zero attached hydrogens (tertiary/aromatic N) is 3. The van der Waals surface area contributed by atoms with Crippen molar-refractivity contribution in [2.45, 2.75) is 53.1 Å². The molecule has 0 bridgehead atoms. The number of thiazole rings is 1. The van der Waals surface area contributed by atoms with Gasteiger partial charge in [0.1, 0.15) is 5.01 Å². The Balaban J connectivity index is 1.92. The number of piperidine rings is 1. The second-order valence-corrected chi connectivity index (χ2v) is 9.71. The number of aromatic nitrogens is 1. The van der Waals surface area contributed by atoms with E-state index in [2.05, 4.69) is 27.5 Å². The summed E-state index contributed by atoms with van der Waals surface area (Å²) < 4.78 is 25.5. The fraction of sp³-hybridized carbons (Fsp3) is 0.750. The monoisotopic (exact) mass is 387 g/mol. The minimum Gasteiger partial charge on any atom is -0.357 e. The topological polar surface area (TPSA) is 86.7 Å². The minimum absolute atomic E-state index is 0.168. The Kier molecular flexibility index (Phi) is 7.21. The van der Waals surface area contributed by atoms with Crippen LogP contribution in [0.25, 0.3) is 0 Å². The molecule has 1 aliphatic rings. The Hall–Kier alpha value is -1.19. The van der Waals surface area contributed by atoms with Gasteiger partial charge < -0.3 is 10.6 Å². The van der Waals surface area contributed by atoms with E-state index in [-0.39, 0.29) is 11.8 Å². The molecule has 1 fully saturated rings. The van der Waals surface area contributed by atoms with Gasteiger partial charge in [-0.3, -0.25) is 0 Å². The van der Waals surface area contributed by atoms with E-state index >= 15 is 0 Å². The molecule has 2 rings (SSSR count). The largest absolute Gasteiger partial charge is 0.357 e. The number of nitrogens with one attached hydrogen (secondary N) is 2. The molecule has 7 nitrogen and oxygen atoms in total. The molecule has 0 atom stereocenters. The molecule has 1 aromatic heterocycles. The fourth-order valence-corrected chi connectivity index (χ4v) is 4.72. The smallest absolute Gasteiger partial charge is 0.213 e. The summed E-state index contributed by atoms with van der Waals surface area (Å²) in [7, 11) is -3.08. The van der Waals surface area contributed by atoms with Gasteiger partial charge in [0.25, 0.3) is 0 Å². The summed E-state index contributed by atoms with van der Waals surface area (Å²) in [6.07, 6.45) is 1.58. The van der Waals surface area contributed by atoms with E-state index in [1.165, 1.54) is 4.88 Å². The van der Waals surface area contributed by atoms with Gasteiger partial charge in [0.2, 0.25) is 10.0 Å². The summed E-state index contributed by atoms with van der Waals surface area (Å²) in [6.45, 7) is 10.3. The SMILES string of the molecule is CCNC(=NCc1nc(C)c(C)s1)NC1CCN(S(=O)(=O)CC)CC1. The maximum Gasteiger partial charge on any atom is 0.213 e. The van der Waals surface area contributed by atoms with E-state index in [0.29, 0.717) is 19.6 Å². The molecule has 0 amide bonds. The van der Waals surface area contributed by atoms with Gasteiger partial charge in [-0.05, 0) is 40.5 Å². The van der Waals surface area contributed by atoms with E-state index in [1.807, 2.05) is 13.8 Å². The zero-order chi connectivity index (χ0) is 18.4. The van der Waals surface area contributed by atoms with Gasteiger partial charge in [0, 0.05) is 30.6 Å². The van der Waals surface area contributed by atoms with Crippen molar-refractivity contribution in [2.75, 3.05) is 25.4 Å². The van der Waals surface area contributed by atoms with Gasteiger partial charge in [-0.25, -0.2) is 22.7 Å². The number of hydrogen-bond donors (Lipinski definition) is 2. The standard InChI is InChI=1S/C16H29N5O2S2/c1-5-17-16(18-11-15-19-12(3)13(4)24-15)20-14-7-9-21(10-8-14)25(22,23)6-2/h14H,5-11H2,1-4H3,(H2,17,18,20). The van der Waals surface area contributed by atoms with Gasteiger partial charge in [-0.1, -0.05) is 0 Å². The first-order valence-corrected chi connectivity index (χ1v) is 11.2. The minimum atomic E-state index is -3.08. The average Bonchev–Trinajstić information content (AvgIpc) is 2.91. The third-order valence-corrected chi connectivity index (χ3v) is 7.28. The number of sulfonamides is 1. The van der Waals surface area contributed by atoms with Crippen molar-refractivity contribution in [1.82, 2.24) is 19.9 Å². The normalized spacial score (nSPS) is 17.7. The molecule has 0 aliphatic carbocycles. The first kappa shape index (κ1) is 20.1. The van der Waals surface area contributed by atoms with Gasteiger partial charge in [-0.2, -0.15) is 0 Å². The van der Waals surface area contributed by atoms with Crippen LogP contribution >= 0.6 is 11.3 Å². The summed E-state index contributed by atoms with van der Waals surface area (Å²) in [5.41, 5.74) is 1.07. The molecule has 0 saturated carbocycles. The molecular formula is C16H29N5O2S2. The van der Waals surface area contributed by atoms with Gasteiger partial charge in [0.05, 0.1) is 18.0 Å². The number of guanidine groups is 1. The highest BCUT2D eigenvalue weighted by molar-refractivity contribution is 7.89. The third kappa shape index (κ3) is 5.65. The third-order valence-electron chi connectivity index (χ3n) is 4.34. The Morgan fingerprint density at radius 1 is 1.32 bits per heavy atom. The van der Waals surface area contributed by atoms with E-state index < -0.39 is 10.0 Å². The molecule has 0 unspecified atom stereocenters. The molecular weight excluding hydrogens is 358 g/mol. The molecule has 0 spiro atoms. The molecule has 9 heteroatoms. The van der Waals surface area contributed by atoms with E-state index in [0.717, 1.165) is 36.0 Å². The van der Waals surface area contributed by atoms with Gasteiger partial charge in [-0.15, -0.1) is 11.3 Å². The van der Waals surface area contributed by atoms with Crippen molar-refractivity contribution >= 4 is 27.3 Å². The zero-order valence-electron chi connectivity index (χ0n) is 15.5. The second-order valence-electron chi connectivity index (χ2n) is 6.16. The highest BCUT2D eigenvalue weighted by Crippen LogP contribution is 2.17. The highest BCUT2D eigenvalue weighted by Gasteiger charge is 2.26. The predicted molar refractivity (Wildman–Crippen MR) is 104 cm³/mol. The van der Waals surface area contributed by atoms with Crippen molar-refractivity contribution in [3.63, 3.8) is 0 Å². The lowest BCUT2D eigenvalue weighted by Crippen LogP contribution is -2.50. The highest BCUT2D eigenvalue weighted by atomic mass is 32.2. The summed E-state index contributed by atoms with van der Waals surface area (Å²) in [6, 6.07) is 0.237. The molecule has 0 radical (unpaired) electrons. The molecule has 0 aromatic carbocycles. The van der Waals surface area contributed by atoms with Crippen molar-refractivity contribution in [2.24, 2.45) is 4.99 Å². The number of aryl methyl sites for hydroxylation is 2. The van der Waals surface area contributed by atoms with Crippen LogP contribution in [0.5, 0.6) is 0 Å². The van der Waals surface area contributed by atoms with Gasteiger partial charge in [0.15, 0.2) is 5.96 Å². The maximum atomic E-state index is 11.9. The van der Waals surface area contributed by atoms with Crippen LogP contribution in [0.2, 0.25) is 0 Å². The van der Waals surface area contributed by atoms with Crippen LogP contribution in [-0.4, -0.2) is 55.1 Å². The van der Waals surface area contributed by atoms with Crippen molar-refractivity contribution in [1.29, 1.82) is 0 Å². The lowest BCUT2D eigenvalue weighted by atomic mass is 10.1. The summed E-state index contributed by atoms with van der Waals surface area (Å²) in [5.74, 6) is 0.937. The summed E-state index contributed by atoms with van der Waals surface area (Å²) in [4.78, 5) is 10.4. The molecule has 1 aliphatic heterocycles. The van der Waals surface area contributed by atoms with Crippen LogP contribution in [0.15, 0.2) is 4.99 Å². The first-order chi connectivity index (χ1) is 11.9. The fourth-order valence-electron chi connectivity index (χ4n) is 2.73. The van der Waals surface area contributed by atoms with Crippen molar-refractivity contribution < 1.29 is 8.42 Å².